The molecule has 25 heavy (non-hydrogen) atoms. The van der Waals surface area contributed by atoms with Gasteiger partial charge in [0.1, 0.15) is 5.78 Å². The zero-order valence-corrected chi connectivity index (χ0v) is 14.8. The van der Waals surface area contributed by atoms with Gasteiger partial charge in [-0.15, -0.1) is 0 Å². The molecular formula is C19H20O5S. The van der Waals surface area contributed by atoms with Crippen molar-refractivity contribution in [2.24, 2.45) is 5.92 Å². The van der Waals surface area contributed by atoms with Crippen molar-refractivity contribution in [2.75, 3.05) is 0 Å². The van der Waals surface area contributed by atoms with Gasteiger partial charge in [0.15, 0.2) is 14.6 Å². The van der Waals surface area contributed by atoms with Crippen molar-refractivity contribution in [1.29, 1.82) is 0 Å². The first-order chi connectivity index (χ1) is 11.8. The molecule has 0 bridgehead atoms. The Morgan fingerprint density at radius 2 is 1.84 bits per heavy atom. The summed E-state index contributed by atoms with van der Waals surface area (Å²) in [7, 11) is -4.20. The largest absolute Gasteiger partial charge is 0.480 e. The molecule has 0 amide bonds. The lowest BCUT2D eigenvalue weighted by atomic mass is 9.79. The normalized spacial score (nSPS) is 21.0. The predicted octanol–water partition coefficient (Wildman–Crippen LogP) is 3.22. The molecule has 3 rings (SSSR count). The predicted molar refractivity (Wildman–Crippen MR) is 94.1 cm³/mol. The van der Waals surface area contributed by atoms with Gasteiger partial charge in [0.25, 0.3) is 0 Å². The first-order valence-corrected chi connectivity index (χ1v) is 9.74. The Hall–Kier alpha value is -2.21. The van der Waals surface area contributed by atoms with Crippen molar-refractivity contribution in [3.63, 3.8) is 0 Å². The van der Waals surface area contributed by atoms with Gasteiger partial charge < -0.3 is 5.11 Å². The van der Waals surface area contributed by atoms with Gasteiger partial charge in [-0.2, -0.15) is 0 Å². The number of hydrogen-bond acceptors (Lipinski definition) is 4. The van der Waals surface area contributed by atoms with Gasteiger partial charge in [-0.1, -0.05) is 36.4 Å². The third-order valence-electron chi connectivity index (χ3n) is 5.28. The Kier molecular flexibility index (Phi) is 4.41. The lowest BCUT2D eigenvalue weighted by Crippen LogP contribution is -2.51. The Balaban J connectivity index is 2.21. The zero-order chi connectivity index (χ0) is 18.2. The molecule has 1 aliphatic rings. The second-order valence-corrected chi connectivity index (χ2v) is 9.02. The van der Waals surface area contributed by atoms with Crippen LogP contribution in [0.5, 0.6) is 0 Å². The molecule has 2 aromatic rings. The highest BCUT2D eigenvalue weighted by Gasteiger charge is 2.54. The molecule has 0 aromatic heterocycles. The molecule has 1 aliphatic carbocycles. The molecule has 1 N–H and O–H groups in total. The van der Waals surface area contributed by atoms with Crippen LogP contribution in [0, 0.1) is 5.92 Å². The fourth-order valence-corrected chi connectivity index (χ4v) is 5.72. The first kappa shape index (κ1) is 17.6. The summed E-state index contributed by atoms with van der Waals surface area (Å²) in [6.07, 6.45) is 1.32. The average Bonchev–Trinajstić information content (AvgIpc) is 2.60. The monoisotopic (exact) mass is 360 g/mol. The number of carbonyl (C=O) groups is 2. The van der Waals surface area contributed by atoms with E-state index in [1.165, 1.54) is 13.0 Å². The highest BCUT2D eigenvalue weighted by molar-refractivity contribution is 7.93. The van der Waals surface area contributed by atoms with Crippen LogP contribution in [-0.4, -0.2) is 30.0 Å². The van der Waals surface area contributed by atoms with Gasteiger partial charge in [0.05, 0.1) is 4.90 Å². The third-order valence-corrected chi connectivity index (χ3v) is 7.84. The summed E-state index contributed by atoms with van der Waals surface area (Å²) in [5.41, 5.74) is 0. The fourth-order valence-electron chi connectivity index (χ4n) is 3.66. The maximum absolute atomic E-state index is 13.4. The summed E-state index contributed by atoms with van der Waals surface area (Å²) >= 11 is 0. The summed E-state index contributed by atoms with van der Waals surface area (Å²) < 4.78 is 24.8. The highest BCUT2D eigenvalue weighted by Crippen LogP contribution is 2.41. The SMILES string of the molecule is CC(C(=O)O)(C1CCCC(=O)C1)S(=O)(=O)c1cccc2ccccc12. The number of carboxylic acid groups (broad SMARTS) is 1. The lowest BCUT2D eigenvalue weighted by Gasteiger charge is -2.35. The Labute approximate surface area is 146 Å². The van der Waals surface area contributed by atoms with Gasteiger partial charge in [-0.25, -0.2) is 8.42 Å². The third kappa shape index (κ3) is 2.74. The first-order valence-electron chi connectivity index (χ1n) is 8.26. The molecule has 0 aliphatic heterocycles. The van der Waals surface area contributed by atoms with Gasteiger partial charge in [0.2, 0.25) is 0 Å². The molecule has 0 spiro atoms. The van der Waals surface area contributed by atoms with E-state index in [4.69, 9.17) is 0 Å². The number of fused-ring (bicyclic) bond motifs is 1. The summed E-state index contributed by atoms with van der Waals surface area (Å²) in [6, 6.07) is 11.8. The molecule has 0 saturated heterocycles. The number of rotatable bonds is 4. The Morgan fingerprint density at radius 1 is 1.16 bits per heavy atom. The molecule has 1 saturated carbocycles. The van der Waals surface area contributed by atoms with Crippen molar-refractivity contribution >= 4 is 32.4 Å². The molecule has 0 radical (unpaired) electrons. The summed E-state index contributed by atoms with van der Waals surface area (Å²) in [5.74, 6) is -2.20. The van der Waals surface area contributed by atoms with Crippen molar-refractivity contribution in [1.82, 2.24) is 0 Å². The number of sulfone groups is 1. The van der Waals surface area contributed by atoms with Gasteiger partial charge in [-0.05, 0) is 37.1 Å². The number of benzene rings is 2. The van der Waals surface area contributed by atoms with Crippen LogP contribution in [0.4, 0.5) is 0 Å². The van der Waals surface area contributed by atoms with Crippen LogP contribution in [0.2, 0.25) is 0 Å². The zero-order valence-electron chi connectivity index (χ0n) is 13.9. The van der Waals surface area contributed by atoms with E-state index >= 15 is 0 Å². The van der Waals surface area contributed by atoms with Crippen LogP contribution in [0.3, 0.4) is 0 Å². The molecule has 2 unspecified atom stereocenters. The minimum Gasteiger partial charge on any atom is -0.480 e. The van der Waals surface area contributed by atoms with E-state index in [-0.39, 0.29) is 17.1 Å². The molecule has 2 aromatic carbocycles. The molecule has 1 fully saturated rings. The molecule has 5 nitrogen and oxygen atoms in total. The minimum atomic E-state index is -4.20. The van der Waals surface area contributed by atoms with Crippen molar-refractivity contribution < 1.29 is 23.1 Å². The number of hydrogen-bond donors (Lipinski definition) is 1. The molecule has 0 heterocycles. The quantitative estimate of drug-likeness (QED) is 0.904. The van der Waals surface area contributed by atoms with Crippen molar-refractivity contribution in [3.8, 4) is 0 Å². The highest BCUT2D eigenvalue weighted by atomic mass is 32.2. The smallest absolute Gasteiger partial charge is 0.325 e. The fraction of sp³-hybridized carbons (Fsp3) is 0.368. The van der Waals surface area contributed by atoms with Gasteiger partial charge in [-0.3, -0.25) is 9.59 Å². The van der Waals surface area contributed by atoms with E-state index in [1.54, 1.807) is 36.4 Å². The van der Waals surface area contributed by atoms with E-state index in [0.717, 1.165) is 5.39 Å². The summed E-state index contributed by atoms with van der Waals surface area (Å²) in [4.78, 5) is 23.9. The van der Waals surface area contributed by atoms with E-state index in [9.17, 15) is 23.1 Å². The van der Waals surface area contributed by atoms with E-state index in [0.29, 0.717) is 24.6 Å². The van der Waals surface area contributed by atoms with E-state index < -0.39 is 26.5 Å². The van der Waals surface area contributed by atoms with Crippen molar-refractivity contribution in [2.45, 2.75) is 42.2 Å². The molecule has 132 valence electrons. The van der Waals surface area contributed by atoms with Crippen LogP contribution in [0.1, 0.15) is 32.6 Å². The lowest BCUT2D eigenvalue weighted by molar-refractivity contribution is -0.141. The van der Waals surface area contributed by atoms with Crippen LogP contribution < -0.4 is 0 Å². The second kappa shape index (κ2) is 6.26. The maximum atomic E-state index is 13.4. The van der Waals surface area contributed by atoms with Gasteiger partial charge >= 0.3 is 5.97 Å². The van der Waals surface area contributed by atoms with Crippen LogP contribution in [0.15, 0.2) is 47.4 Å². The van der Waals surface area contributed by atoms with Crippen LogP contribution in [0.25, 0.3) is 10.8 Å². The molecular weight excluding hydrogens is 340 g/mol. The standard InChI is InChI=1S/C19H20O5S/c1-19(18(21)22,14-8-5-9-15(20)12-14)25(23,24)17-11-4-7-13-6-2-3-10-16(13)17/h2-4,6-7,10-11,14H,5,8-9,12H2,1H3,(H,21,22). The van der Waals surface area contributed by atoms with E-state index in [1.807, 2.05) is 0 Å². The van der Waals surface area contributed by atoms with E-state index in [2.05, 4.69) is 0 Å². The van der Waals surface area contributed by atoms with Crippen LogP contribution >= 0.6 is 0 Å². The molecule has 2 atom stereocenters. The van der Waals surface area contributed by atoms with Crippen molar-refractivity contribution in [3.05, 3.63) is 42.5 Å². The summed E-state index contributed by atoms with van der Waals surface area (Å²) in [6.45, 7) is 1.25. The Bertz CT molecular complexity index is 942. The Morgan fingerprint density at radius 3 is 2.52 bits per heavy atom. The summed E-state index contributed by atoms with van der Waals surface area (Å²) in [5, 5.41) is 11.1. The molecule has 6 heteroatoms. The van der Waals surface area contributed by atoms with Crippen LogP contribution in [-0.2, 0) is 19.4 Å². The second-order valence-electron chi connectivity index (χ2n) is 6.72. The number of aliphatic carboxylic acids is 1. The minimum absolute atomic E-state index is 0.00715. The topological polar surface area (TPSA) is 88.5 Å². The maximum Gasteiger partial charge on any atom is 0.325 e. The number of ketones is 1. The number of carbonyl (C=O) groups excluding carboxylic acids is 1. The average molecular weight is 360 g/mol. The number of Topliss-reactive ketones (excluding diaryl/α,β-unsaturated/α-hetero) is 1. The van der Waals surface area contributed by atoms with Gasteiger partial charge in [0, 0.05) is 18.2 Å². The number of carboxylic acids is 1.